The van der Waals surface area contributed by atoms with Gasteiger partial charge in [0, 0.05) is 53.8 Å². The van der Waals surface area contributed by atoms with Gasteiger partial charge in [0.15, 0.2) is 15.7 Å². The Hall–Kier alpha value is -2.37. The number of thioether (sulfide) groups is 1. The van der Waals surface area contributed by atoms with Crippen LogP contribution in [0, 0.1) is 6.92 Å². The van der Waals surface area contributed by atoms with Crippen LogP contribution in [0.3, 0.4) is 0 Å². The standard InChI is InChI=1S/C24H33N7O2S2/c1-5-23(34-3)31-16-6-7-17(31)10-15(9-16)26-24-19-11-18(35(4,32)33)13-25-20(19)12-21(28-24)27-22-8-14(2)29-30-22/h8,11-13,15-17,23H,5-7,9-10H2,1-4H3,(H3,26,27,28,29,30)/t15?,16-,17+,23?. The van der Waals surface area contributed by atoms with Gasteiger partial charge in [-0.25, -0.2) is 13.4 Å². The molecule has 9 nitrogen and oxygen atoms in total. The van der Waals surface area contributed by atoms with E-state index in [1.165, 1.54) is 25.3 Å². The molecule has 0 spiro atoms. The summed E-state index contributed by atoms with van der Waals surface area (Å²) in [5.74, 6) is 1.94. The number of rotatable bonds is 8. The summed E-state index contributed by atoms with van der Waals surface area (Å²) in [5.41, 5.74) is 1.62. The maximum absolute atomic E-state index is 12.2. The predicted octanol–water partition coefficient (Wildman–Crippen LogP) is 4.31. The summed E-state index contributed by atoms with van der Waals surface area (Å²) < 4.78 is 24.5. The SMILES string of the molecule is CCC(SC)N1[C@@H]2CC[C@H]1CC(Nc1nc(Nc3cc(C)[nH]n3)cc3ncc(S(C)(=O)=O)cc13)C2. The average molecular weight is 516 g/mol. The summed E-state index contributed by atoms with van der Waals surface area (Å²) in [4.78, 5) is 12.2. The molecule has 0 saturated carbocycles. The molecular formula is C24H33N7O2S2. The molecule has 3 N–H and O–H groups in total. The molecule has 2 fully saturated rings. The van der Waals surface area contributed by atoms with Crippen LogP contribution in [0.5, 0.6) is 0 Å². The minimum atomic E-state index is -3.39. The van der Waals surface area contributed by atoms with Gasteiger partial charge in [-0.15, -0.1) is 11.8 Å². The molecule has 2 aliphatic heterocycles. The van der Waals surface area contributed by atoms with Crippen LogP contribution in [0.4, 0.5) is 17.5 Å². The second-order valence-electron chi connectivity index (χ2n) is 9.67. The van der Waals surface area contributed by atoms with Crippen LogP contribution in [0.2, 0.25) is 0 Å². The van der Waals surface area contributed by atoms with Gasteiger partial charge in [0.2, 0.25) is 0 Å². The molecule has 188 valence electrons. The van der Waals surface area contributed by atoms with Gasteiger partial charge in [0.25, 0.3) is 0 Å². The van der Waals surface area contributed by atoms with Crippen LogP contribution < -0.4 is 10.6 Å². The van der Waals surface area contributed by atoms with Crippen molar-refractivity contribution in [3.8, 4) is 0 Å². The number of pyridine rings is 2. The van der Waals surface area contributed by atoms with E-state index < -0.39 is 9.84 Å². The van der Waals surface area contributed by atoms with Gasteiger partial charge in [0.1, 0.15) is 11.6 Å². The average Bonchev–Trinajstić information content (AvgIpc) is 3.33. The summed E-state index contributed by atoms with van der Waals surface area (Å²) in [6, 6.07) is 6.81. The van der Waals surface area contributed by atoms with Crippen LogP contribution in [0.25, 0.3) is 10.9 Å². The Labute approximate surface area is 210 Å². The molecule has 2 aliphatic rings. The van der Waals surface area contributed by atoms with E-state index in [2.05, 4.69) is 43.9 Å². The van der Waals surface area contributed by atoms with Gasteiger partial charge in [-0.05, 0) is 51.3 Å². The first kappa shape index (κ1) is 24.3. The smallest absolute Gasteiger partial charge is 0.177 e. The Kier molecular flexibility index (Phi) is 6.67. The van der Waals surface area contributed by atoms with Gasteiger partial charge in [-0.3, -0.25) is 15.0 Å². The van der Waals surface area contributed by atoms with Crippen molar-refractivity contribution in [2.24, 2.45) is 0 Å². The first-order valence-electron chi connectivity index (χ1n) is 12.1. The van der Waals surface area contributed by atoms with Crippen LogP contribution in [0.1, 0.15) is 44.7 Å². The number of aryl methyl sites for hydroxylation is 1. The highest BCUT2D eigenvalue weighted by atomic mass is 32.2. The lowest BCUT2D eigenvalue weighted by molar-refractivity contribution is 0.118. The van der Waals surface area contributed by atoms with E-state index in [0.29, 0.717) is 45.8 Å². The quantitative estimate of drug-likeness (QED) is 0.403. The third kappa shape index (κ3) is 4.99. The normalized spacial score (nSPS) is 23.5. The zero-order chi connectivity index (χ0) is 24.7. The monoisotopic (exact) mass is 515 g/mol. The molecular weight excluding hydrogens is 482 g/mol. The van der Waals surface area contributed by atoms with E-state index in [4.69, 9.17) is 4.98 Å². The Balaban J connectivity index is 1.47. The summed E-state index contributed by atoms with van der Waals surface area (Å²) in [5, 5.41) is 15.4. The lowest BCUT2D eigenvalue weighted by Gasteiger charge is -2.43. The maximum Gasteiger partial charge on any atom is 0.177 e. The van der Waals surface area contributed by atoms with E-state index in [0.717, 1.165) is 25.0 Å². The summed E-state index contributed by atoms with van der Waals surface area (Å²) in [7, 11) is -3.39. The maximum atomic E-state index is 12.2. The van der Waals surface area contributed by atoms with Crippen molar-refractivity contribution in [3.63, 3.8) is 0 Å². The number of hydrogen-bond donors (Lipinski definition) is 3. The lowest BCUT2D eigenvalue weighted by Crippen LogP contribution is -2.50. The van der Waals surface area contributed by atoms with Crippen molar-refractivity contribution in [1.29, 1.82) is 0 Å². The van der Waals surface area contributed by atoms with Crippen molar-refractivity contribution in [1.82, 2.24) is 25.1 Å². The third-order valence-electron chi connectivity index (χ3n) is 7.13. The molecule has 35 heavy (non-hydrogen) atoms. The molecule has 2 unspecified atom stereocenters. The molecule has 3 aromatic rings. The first-order valence-corrected chi connectivity index (χ1v) is 15.3. The molecule has 0 amide bonds. The zero-order valence-electron chi connectivity index (χ0n) is 20.6. The number of hydrogen-bond acceptors (Lipinski definition) is 9. The molecule has 11 heteroatoms. The van der Waals surface area contributed by atoms with Gasteiger partial charge >= 0.3 is 0 Å². The van der Waals surface area contributed by atoms with Gasteiger partial charge in [-0.2, -0.15) is 5.10 Å². The van der Waals surface area contributed by atoms with Crippen molar-refractivity contribution in [3.05, 3.63) is 30.1 Å². The summed E-state index contributed by atoms with van der Waals surface area (Å²) in [6.07, 6.45) is 10.5. The van der Waals surface area contributed by atoms with Crippen molar-refractivity contribution < 1.29 is 8.42 Å². The Bertz CT molecular complexity index is 1310. The van der Waals surface area contributed by atoms with Gasteiger partial charge in [0.05, 0.1) is 15.8 Å². The van der Waals surface area contributed by atoms with Crippen LogP contribution in [-0.4, -0.2) is 69.5 Å². The van der Waals surface area contributed by atoms with Gasteiger partial charge < -0.3 is 10.6 Å². The number of nitrogens with zero attached hydrogens (tertiary/aromatic N) is 4. The summed E-state index contributed by atoms with van der Waals surface area (Å²) >= 11 is 1.95. The lowest BCUT2D eigenvalue weighted by atomic mass is 9.96. The third-order valence-corrected chi connectivity index (χ3v) is 9.33. The topological polar surface area (TPSA) is 116 Å². The number of piperidine rings is 1. The van der Waals surface area contributed by atoms with E-state index in [9.17, 15) is 8.42 Å². The van der Waals surface area contributed by atoms with Crippen LogP contribution in [-0.2, 0) is 9.84 Å². The fraction of sp³-hybridized carbons (Fsp3) is 0.542. The molecule has 2 bridgehead atoms. The zero-order valence-corrected chi connectivity index (χ0v) is 22.2. The minimum Gasteiger partial charge on any atom is -0.367 e. The highest BCUT2D eigenvalue weighted by Gasteiger charge is 2.43. The molecule has 5 heterocycles. The molecule has 5 rings (SSSR count). The fourth-order valence-electron chi connectivity index (χ4n) is 5.59. The highest BCUT2D eigenvalue weighted by molar-refractivity contribution is 7.99. The van der Waals surface area contributed by atoms with Crippen LogP contribution in [0.15, 0.2) is 29.3 Å². The predicted molar refractivity (Wildman–Crippen MR) is 142 cm³/mol. The van der Waals surface area contributed by atoms with E-state index in [1.807, 2.05) is 30.8 Å². The molecule has 0 aliphatic carbocycles. The number of nitrogens with one attached hydrogen (secondary N) is 3. The minimum absolute atomic E-state index is 0.194. The number of anilines is 3. The number of H-pyrrole nitrogens is 1. The van der Waals surface area contributed by atoms with Crippen molar-refractivity contribution >= 4 is 50.0 Å². The number of aromatic nitrogens is 4. The number of aromatic amines is 1. The molecule has 4 atom stereocenters. The Morgan fingerprint density at radius 1 is 1.20 bits per heavy atom. The van der Waals surface area contributed by atoms with E-state index >= 15 is 0 Å². The fourth-order valence-corrected chi connectivity index (χ4v) is 7.08. The summed E-state index contributed by atoms with van der Waals surface area (Å²) in [6.45, 7) is 4.21. The Morgan fingerprint density at radius 3 is 2.54 bits per heavy atom. The number of sulfone groups is 1. The van der Waals surface area contributed by atoms with Crippen LogP contribution >= 0.6 is 11.8 Å². The largest absolute Gasteiger partial charge is 0.367 e. The molecule has 3 aromatic heterocycles. The highest BCUT2D eigenvalue weighted by Crippen LogP contribution is 2.41. The van der Waals surface area contributed by atoms with Crippen molar-refractivity contribution in [2.45, 2.75) is 74.3 Å². The van der Waals surface area contributed by atoms with E-state index in [1.54, 1.807) is 6.07 Å². The molecule has 2 saturated heterocycles. The molecule has 0 aromatic carbocycles. The van der Waals surface area contributed by atoms with Crippen molar-refractivity contribution in [2.75, 3.05) is 23.1 Å². The number of fused-ring (bicyclic) bond motifs is 3. The van der Waals surface area contributed by atoms with Gasteiger partial charge in [-0.1, -0.05) is 6.92 Å². The second kappa shape index (κ2) is 9.59. The Morgan fingerprint density at radius 2 is 1.94 bits per heavy atom. The first-order chi connectivity index (χ1) is 16.7. The van der Waals surface area contributed by atoms with E-state index in [-0.39, 0.29) is 10.9 Å². The second-order valence-corrected chi connectivity index (χ2v) is 12.7. The molecule has 0 radical (unpaired) electrons.